The second-order valence-corrected chi connectivity index (χ2v) is 21.2. The van der Waals surface area contributed by atoms with Gasteiger partial charge in [-0.3, -0.25) is 14.4 Å². The molecule has 0 heterocycles. The number of methoxy groups -OCH3 is 5. The number of aliphatic hydroxyl groups excluding tert-OH is 3. The standard InChI is InChI=1S/C11H13FO3.C11H11FO2.C11H15FO2.C11H11FO2.C10H9FO2.C7H6BrFO.C7H7Br.C4H6O/c1-15-10-7-8(5-6-9(10)12)3-2-4-11(13)14;1-14-11-5-7-3-2-4-10(13)8(7)6-9(11)12;2*1-14-11-8-9(4-2-3-7-13)5-6-10(11)12;11-8-5-7-6(4-10(8)13)2-1-3-9(7)12;1-10-7-4-5(8)2-3-6(7)9;8-6-7-4-2-1-3-5-7;1-2-3-4-5/h5-7H,2-4H2,1H3,(H,13,14);5-6H,2-4H2,1H3;5-6,8,13H,2-4,7H2,1H3;5-6,8,13H,3,7H2,1H3;4-5,13H,1-3H2;2-4H,1H3;1-5H,6H2;1,5H,3-4H2. The number of hydrogen-bond donors (Lipinski definition) is 5. The molecule has 500 valence electrons. The van der Waals surface area contributed by atoms with E-state index in [1.807, 2.05) is 18.2 Å². The number of carboxylic acids is 1. The molecule has 0 aliphatic heterocycles. The van der Waals surface area contributed by atoms with Gasteiger partial charge >= 0.3 is 5.97 Å². The number of aromatic hydroxyl groups is 1. The Kier molecular flexibility index (Phi) is 40.6. The highest BCUT2D eigenvalue weighted by molar-refractivity contribution is 9.10. The fourth-order valence-corrected chi connectivity index (χ4v) is 8.98. The van der Waals surface area contributed by atoms with Crippen molar-refractivity contribution in [3.63, 3.8) is 0 Å². The molecule has 7 aromatic carbocycles. The molecule has 0 aromatic heterocycles. The van der Waals surface area contributed by atoms with Crippen LogP contribution in [0.2, 0.25) is 0 Å². The summed E-state index contributed by atoms with van der Waals surface area (Å²) in [5.41, 5.74) is 6.54. The van der Waals surface area contributed by atoms with Crippen molar-refractivity contribution in [1.29, 1.82) is 0 Å². The van der Waals surface area contributed by atoms with Crippen LogP contribution in [-0.2, 0) is 35.8 Å². The molecule has 2 aliphatic rings. The molecule has 0 bridgehead atoms. The Morgan fingerprint density at radius 1 is 0.516 bits per heavy atom. The second-order valence-electron chi connectivity index (χ2n) is 19.7. The quantitative estimate of drug-likeness (QED) is 0.0265. The van der Waals surface area contributed by atoms with E-state index in [2.05, 4.69) is 61.8 Å². The third-order valence-electron chi connectivity index (χ3n) is 13.0. The minimum absolute atomic E-state index is 0.0276. The molecular weight excluding hydrogens is 1350 g/mol. The number of fused-ring (bicyclic) bond motifs is 2. The fraction of sp³-hybridized carbons (Fsp3) is 0.319. The van der Waals surface area contributed by atoms with Gasteiger partial charge < -0.3 is 49.2 Å². The van der Waals surface area contributed by atoms with Crippen molar-refractivity contribution >= 4 is 49.4 Å². The SMILES string of the molecule is BrCc1ccccc1.C#CCCO.COc1cc(Br)ccc1F.COc1cc(C#CCCO)ccc1F.COc1cc(CCCC(=O)O)ccc1F.COc1cc(CCCCO)ccc1F.COc1cc2c(cc1F)C(=O)CCC2.O=C1CCCc2cc(O)c(F)cc21. The first-order valence-electron chi connectivity index (χ1n) is 29.2. The number of alkyl halides is 1. The zero-order chi connectivity index (χ0) is 69.1. The number of aryl methyl sites for hydroxylation is 4. The van der Waals surface area contributed by atoms with E-state index in [-0.39, 0.29) is 83.9 Å². The van der Waals surface area contributed by atoms with Crippen molar-refractivity contribution in [1.82, 2.24) is 0 Å². The summed E-state index contributed by atoms with van der Waals surface area (Å²) in [5, 5.41) is 43.5. The van der Waals surface area contributed by atoms with Crippen LogP contribution in [0.3, 0.4) is 0 Å². The van der Waals surface area contributed by atoms with Crippen molar-refractivity contribution < 1.29 is 89.9 Å². The summed E-state index contributed by atoms with van der Waals surface area (Å²) in [6.07, 6.45) is 13.7. The number of rotatable bonds is 16. The molecule has 0 saturated heterocycles. The van der Waals surface area contributed by atoms with Gasteiger partial charge in [0.1, 0.15) is 0 Å². The molecule has 0 spiro atoms. The molecular formula is C72H78Br2F6O13. The van der Waals surface area contributed by atoms with E-state index < -0.39 is 29.2 Å². The van der Waals surface area contributed by atoms with E-state index in [1.54, 1.807) is 48.5 Å². The first-order chi connectivity index (χ1) is 44.7. The number of aliphatic hydroxyl groups is 3. The first-order valence-corrected chi connectivity index (χ1v) is 31.1. The lowest BCUT2D eigenvalue weighted by Crippen LogP contribution is -2.11. The number of ketones is 2. The summed E-state index contributed by atoms with van der Waals surface area (Å²) in [6.45, 7) is 0.347. The van der Waals surface area contributed by atoms with Gasteiger partial charge in [-0.25, -0.2) is 26.3 Å². The smallest absolute Gasteiger partial charge is 0.303 e. The Hall–Kier alpha value is -8.31. The van der Waals surface area contributed by atoms with Crippen LogP contribution in [-0.4, -0.2) is 98.4 Å². The van der Waals surface area contributed by atoms with Crippen LogP contribution < -0.4 is 23.7 Å². The van der Waals surface area contributed by atoms with Gasteiger partial charge in [0.15, 0.2) is 81.0 Å². The van der Waals surface area contributed by atoms with Crippen LogP contribution >= 0.6 is 31.9 Å². The lowest BCUT2D eigenvalue weighted by atomic mass is 9.90. The van der Waals surface area contributed by atoms with Gasteiger partial charge in [-0.2, -0.15) is 0 Å². The predicted molar refractivity (Wildman–Crippen MR) is 354 cm³/mol. The Bertz CT molecular complexity index is 3520. The molecule has 7 aromatic rings. The Labute approximate surface area is 557 Å². The lowest BCUT2D eigenvalue weighted by molar-refractivity contribution is -0.137. The summed E-state index contributed by atoms with van der Waals surface area (Å²) < 4.78 is 103. The molecule has 5 N–H and O–H groups in total. The van der Waals surface area contributed by atoms with E-state index >= 15 is 0 Å². The third kappa shape index (κ3) is 31.2. The van der Waals surface area contributed by atoms with Gasteiger partial charge in [0.25, 0.3) is 0 Å². The number of phenols is 1. The third-order valence-corrected chi connectivity index (χ3v) is 14.1. The first kappa shape index (κ1) is 80.8. The van der Waals surface area contributed by atoms with Crippen LogP contribution in [0.5, 0.6) is 34.5 Å². The Morgan fingerprint density at radius 3 is 1.43 bits per heavy atom. The summed E-state index contributed by atoms with van der Waals surface area (Å²) in [4.78, 5) is 33.0. The van der Waals surface area contributed by atoms with Crippen LogP contribution in [0.1, 0.15) is 118 Å². The number of benzene rings is 7. The number of carbonyl (C=O) groups excluding carboxylic acids is 2. The Morgan fingerprint density at radius 2 is 0.978 bits per heavy atom. The largest absolute Gasteiger partial charge is 0.505 e. The number of halogens is 8. The normalized spacial score (nSPS) is 11.1. The average molecular weight is 1430 g/mol. The van der Waals surface area contributed by atoms with E-state index in [4.69, 9.17) is 55.6 Å². The van der Waals surface area contributed by atoms with Gasteiger partial charge in [0, 0.05) is 65.2 Å². The highest BCUT2D eigenvalue weighted by Gasteiger charge is 2.21. The molecule has 0 amide bonds. The Balaban J connectivity index is 0.000000367. The van der Waals surface area contributed by atoms with Crippen molar-refractivity contribution in [2.24, 2.45) is 0 Å². The molecule has 13 nitrogen and oxygen atoms in total. The zero-order valence-electron chi connectivity index (χ0n) is 52.5. The molecule has 9 rings (SSSR count). The molecule has 0 unspecified atom stereocenters. The maximum atomic E-state index is 13.3. The number of phenolic OH excluding ortho intramolecular Hbond substituents is 1. The van der Waals surface area contributed by atoms with Gasteiger partial charge in [0.2, 0.25) is 0 Å². The van der Waals surface area contributed by atoms with Gasteiger partial charge in [-0.15, -0.1) is 12.3 Å². The lowest BCUT2D eigenvalue weighted by Gasteiger charge is -2.15. The van der Waals surface area contributed by atoms with Crippen LogP contribution in [0.15, 0.2) is 132 Å². The number of carbonyl (C=O) groups is 3. The van der Waals surface area contributed by atoms with E-state index in [0.29, 0.717) is 55.2 Å². The summed E-state index contributed by atoms with van der Waals surface area (Å²) in [5.74, 6) is 5.12. The molecule has 2 aliphatic carbocycles. The summed E-state index contributed by atoms with van der Waals surface area (Å²) in [7, 11) is 7.12. The van der Waals surface area contributed by atoms with Crippen molar-refractivity contribution in [2.45, 2.75) is 95.2 Å². The minimum Gasteiger partial charge on any atom is -0.505 e. The topological polar surface area (TPSA) is 199 Å². The van der Waals surface area contributed by atoms with Crippen molar-refractivity contribution in [3.8, 4) is 58.7 Å². The van der Waals surface area contributed by atoms with Gasteiger partial charge in [-0.1, -0.05) is 86.2 Å². The van der Waals surface area contributed by atoms with Crippen molar-refractivity contribution in [3.05, 3.63) is 211 Å². The van der Waals surface area contributed by atoms with E-state index in [1.165, 1.54) is 83.6 Å². The van der Waals surface area contributed by atoms with Crippen molar-refractivity contribution in [2.75, 3.05) is 55.4 Å². The van der Waals surface area contributed by atoms with Crippen LogP contribution in [0, 0.1) is 59.1 Å². The summed E-state index contributed by atoms with van der Waals surface area (Å²) >= 11 is 6.55. The van der Waals surface area contributed by atoms with Crippen LogP contribution in [0.4, 0.5) is 26.3 Å². The number of carboxylic acid groups (broad SMARTS) is 1. The number of unbranched alkanes of at least 4 members (excludes halogenated alkanes) is 1. The van der Waals surface area contributed by atoms with E-state index in [0.717, 1.165) is 83.1 Å². The highest BCUT2D eigenvalue weighted by Crippen LogP contribution is 2.30. The molecule has 93 heavy (non-hydrogen) atoms. The monoisotopic (exact) mass is 1420 g/mol. The van der Waals surface area contributed by atoms with Gasteiger partial charge in [0.05, 0.1) is 48.8 Å². The van der Waals surface area contributed by atoms with E-state index in [9.17, 15) is 40.7 Å². The predicted octanol–water partition coefficient (Wildman–Crippen LogP) is 15.5. The number of ether oxygens (including phenoxy) is 5. The number of aliphatic carboxylic acids is 1. The number of terminal acetylenes is 1. The zero-order valence-corrected chi connectivity index (χ0v) is 55.6. The molecule has 21 heteroatoms. The van der Waals surface area contributed by atoms with Crippen LogP contribution in [0.25, 0.3) is 0 Å². The molecule has 0 saturated carbocycles. The molecule has 0 radical (unpaired) electrons. The maximum absolute atomic E-state index is 13.3. The second kappa shape index (κ2) is 46.7. The molecule has 0 atom stereocenters. The average Bonchev–Trinajstić information content (AvgIpc) is 1.01. The van der Waals surface area contributed by atoms with Gasteiger partial charge in [-0.05, 0) is 171 Å². The minimum atomic E-state index is -0.816. The maximum Gasteiger partial charge on any atom is 0.303 e. The number of Topliss-reactive ketones (excluding diaryl/α,β-unsaturated/α-hetero) is 2. The number of hydrogen-bond acceptors (Lipinski definition) is 12. The summed E-state index contributed by atoms with van der Waals surface area (Å²) in [6, 6.07) is 34.1. The molecule has 0 fully saturated rings. The highest BCUT2D eigenvalue weighted by atomic mass is 79.9. The fourth-order valence-electron chi connectivity index (χ4n) is 8.27.